The zero-order valence-corrected chi connectivity index (χ0v) is 15.8. The fraction of sp³-hybridized carbons (Fsp3) is 0.0526. The van der Waals surface area contributed by atoms with Crippen LogP contribution >= 0.6 is 11.6 Å². The summed E-state index contributed by atoms with van der Waals surface area (Å²) in [5, 5.41) is 8.84. The van der Waals surface area contributed by atoms with Crippen molar-refractivity contribution in [3.05, 3.63) is 77.6 Å². The van der Waals surface area contributed by atoms with Gasteiger partial charge in [-0.25, -0.2) is 0 Å². The van der Waals surface area contributed by atoms with Crippen LogP contribution in [0.4, 0.5) is 0 Å². The van der Waals surface area contributed by atoms with Gasteiger partial charge in [0, 0.05) is 16.8 Å². The average molecular weight is 400 g/mol. The molecule has 0 fully saturated rings. The number of nitrogens with zero attached hydrogens (tertiary/aromatic N) is 3. The average Bonchev–Trinajstić information content (AvgIpc) is 3.30. The smallest absolute Gasteiger partial charge is 0.282 e. The maximum absolute atomic E-state index is 12.8. The molecule has 2 aromatic carbocycles. The van der Waals surface area contributed by atoms with Crippen molar-refractivity contribution in [2.24, 2.45) is 0 Å². The van der Waals surface area contributed by atoms with Gasteiger partial charge in [0.1, 0.15) is 11.5 Å². The third-order valence-corrected chi connectivity index (χ3v) is 5.91. The summed E-state index contributed by atoms with van der Waals surface area (Å²) < 4.78 is 31.8. The van der Waals surface area contributed by atoms with E-state index in [-0.39, 0.29) is 4.90 Å². The molecule has 0 atom stereocenters. The molecule has 0 radical (unpaired) electrons. The number of aryl methyl sites for hydroxylation is 1. The molecule has 0 aliphatic carbocycles. The first kappa shape index (κ1) is 17.5. The molecular formula is C19H14ClN3O3S. The van der Waals surface area contributed by atoms with E-state index >= 15 is 0 Å². The van der Waals surface area contributed by atoms with Crippen molar-refractivity contribution in [3.8, 4) is 22.5 Å². The topological polar surface area (TPSA) is 78.0 Å². The van der Waals surface area contributed by atoms with Gasteiger partial charge in [0.15, 0.2) is 0 Å². The zero-order chi connectivity index (χ0) is 19.0. The van der Waals surface area contributed by atoms with E-state index in [1.807, 2.05) is 30.3 Å². The highest BCUT2D eigenvalue weighted by atomic mass is 35.5. The molecule has 0 amide bonds. The lowest BCUT2D eigenvalue weighted by Crippen LogP contribution is -2.13. The van der Waals surface area contributed by atoms with Crippen LogP contribution in [-0.2, 0) is 10.0 Å². The molecule has 2 heterocycles. The van der Waals surface area contributed by atoms with E-state index < -0.39 is 10.0 Å². The molecule has 0 N–H and O–H groups in total. The van der Waals surface area contributed by atoms with E-state index in [0.717, 1.165) is 9.65 Å². The Morgan fingerprint density at radius 2 is 1.70 bits per heavy atom. The summed E-state index contributed by atoms with van der Waals surface area (Å²) >= 11 is 5.84. The Labute approximate surface area is 161 Å². The van der Waals surface area contributed by atoms with Crippen LogP contribution in [0.25, 0.3) is 22.5 Å². The molecule has 4 rings (SSSR count). The predicted molar refractivity (Wildman–Crippen MR) is 102 cm³/mol. The van der Waals surface area contributed by atoms with Crippen LogP contribution in [-0.4, -0.2) is 22.8 Å². The van der Waals surface area contributed by atoms with Gasteiger partial charge in [-0.3, -0.25) is 0 Å². The second-order valence-corrected chi connectivity index (χ2v) is 8.09. The summed E-state index contributed by atoms with van der Waals surface area (Å²) in [7, 11) is -3.82. The van der Waals surface area contributed by atoms with E-state index in [1.54, 1.807) is 13.0 Å². The van der Waals surface area contributed by atoms with Crippen molar-refractivity contribution >= 4 is 21.6 Å². The van der Waals surface area contributed by atoms with Crippen molar-refractivity contribution in [2.45, 2.75) is 11.8 Å². The van der Waals surface area contributed by atoms with Crippen LogP contribution in [0, 0.1) is 6.92 Å². The zero-order valence-electron chi connectivity index (χ0n) is 14.2. The van der Waals surface area contributed by atoms with Gasteiger partial charge in [-0.05, 0) is 37.3 Å². The standard InChI is InChI=1S/C19H14ClN3O3S/c1-13-18(19(22-26-13)14-5-3-2-4-6-14)17-11-12-23(21-17)27(24,25)16-9-7-15(20)8-10-16/h2-12H,1H3. The Morgan fingerprint density at radius 3 is 2.41 bits per heavy atom. The van der Waals surface area contributed by atoms with Gasteiger partial charge in [0.2, 0.25) is 0 Å². The third-order valence-electron chi connectivity index (χ3n) is 4.09. The lowest BCUT2D eigenvalue weighted by molar-refractivity contribution is 0.400. The summed E-state index contributed by atoms with van der Waals surface area (Å²) in [6, 6.07) is 17.1. The van der Waals surface area contributed by atoms with Crippen LogP contribution in [0.15, 0.2) is 76.3 Å². The monoisotopic (exact) mass is 399 g/mol. The first-order chi connectivity index (χ1) is 13.0. The molecule has 6 nitrogen and oxygen atoms in total. The first-order valence-electron chi connectivity index (χ1n) is 8.06. The van der Waals surface area contributed by atoms with Crippen LogP contribution in [0.2, 0.25) is 5.02 Å². The van der Waals surface area contributed by atoms with E-state index in [1.165, 1.54) is 30.5 Å². The molecule has 8 heteroatoms. The highest BCUT2D eigenvalue weighted by Gasteiger charge is 2.22. The molecule has 0 bridgehead atoms. The fourth-order valence-corrected chi connectivity index (χ4v) is 3.99. The van der Waals surface area contributed by atoms with Crippen LogP contribution in [0.5, 0.6) is 0 Å². The van der Waals surface area contributed by atoms with Crippen molar-refractivity contribution < 1.29 is 12.9 Å². The molecule has 27 heavy (non-hydrogen) atoms. The van der Waals surface area contributed by atoms with E-state index in [4.69, 9.17) is 16.1 Å². The quantitative estimate of drug-likeness (QED) is 0.508. The molecule has 0 saturated carbocycles. The minimum atomic E-state index is -3.82. The van der Waals surface area contributed by atoms with Gasteiger partial charge in [0.25, 0.3) is 10.0 Å². The number of rotatable bonds is 4. The number of hydrogen-bond acceptors (Lipinski definition) is 5. The SMILES string of the molecule is Cc1onc(-c2ccccc2)c1-c1ccn(S(=O)(=O)c2ccc(Cl)cc2)n1. The van der Waals surface area contributed by atoms with Gasteiger partial charge in [-0.1, -0.05) is 47.1 Å². The predicted octanol–water partition coefficient (Wildman–Crippen LogP) is 4.40. The molecule has 136 valence electrons. The van der Waals surface area contributed by atoms with E-state index in [2.05, 4.69) is 10.3 Å². The summed E-state index contributed by atoms with van der Waals surface area (Å²) in [5.74, 6) is 0.558. The van der Waals surface area contributed by atoms with E-state index in [0.29, 0.717) is 27.7 Å². The summed E-state index contributed by atoms with van der Waals surface area (Å²) in [6.07, 6.45) is 1.40. The normalized spacial score (nSPS) is 11.6. The van der Waals surface area contributed by atoms with Gasteiger partial charge in [-0.2, -0.15) is 17.6 Å². The lowest BCUT2D eigenvalue weighted by atomic mass is 10.0. The number of benzene rings is 2. The number of hydrogen-bond donors (Lipinski definition) is 0. The Hall–Kier alpha value is -2.90. The van der Waals surface area contributed by atoms with Crippen LogP contribution in [0.3, 0.4) is 0 Å². The van der Waals surface area contributed by atoms with Gasteiger partial charge in [-0.15, -0.1) is 0 Å². The molecule has 0 saturated heterocycles. The van der Waals surface area contributed by atoms with Crippen molar-refractivity contribution in [1.82, 2.24) is 14.3 Å². The third kappa shape index (κ3) is 3.15. The van der Waals surface area contributed by atoms with Crippen molar-refractivity contribution in [3.63, 3.8) is 0 Å². The molecule has 0 aliphatic rings. The molecule has 2 aromatic heterocycles. The Morgan fingerprint density at radius 1 is 1.00 bits per heavy atom. The second-order valence-electron chi connectivity index (χ2n) is 5.86. The Kier molecular flexibility index (Phi) is 4.33. The summed E-state index contributed by atoms with van der Waals surface area (Å²) in [5.41, 5.74) is 2.60. The molecule has 4 aromatic rings. The summed E-state index contributed by atoms with van der Waals surface area (Å²) in [6.45, 7) is 1.77. The van der Waals surface area contributed by atoms with E-state index in [9.17, 15) is 8.42 Å². The highest BCUT2D eigenvalue weighted by molar-refractivity contribution is 7.89. The van der Waals surface area contributed by atoms with Crippen LogP contribution < -0.4 is 0 Å². The largest absolute Gasteiger partial charge is 0.360 e. The van der Waals surface area contributed by atoms with Crippen molar-refractivity contribution in [1.29, 1.82) is 0 Å². The molecule has 0 aliphatic heterocycles. The Bertz CT molecular complexity index is 1200. The van der Waals surface area contributed by atoms with Gasteiger partial charge in [0.05, 0.1) is 16.2 Å². The van der Waals surface area contributed by atoms with Gasteiger partial charge < -0.3 is 4.52 Å². The Balaban J connectivity index is 1.78. The molecule has 0 spiro atoms. The highest BCUT2D eigenvalue weighted by Crippen LogP contribution is 2.33. The van der Waals surface area contributed by atoms with Gasteiger partial charge >= 0.3 is 0 Å². The minimum Gasteiger partial charge on any atom is -0.360 e. The number of halogens is 1. The van der Waals surface area contributed by atoms with Crippen LogP contribution in [0.1, 0.15) is 5.76 Å². The summed E-state index contributed by atoms with van der Waals surface area (Å²) in [4.78, 5) is 0.104. The number of aromatic nitrogens is 3. The molecular weight excluding hydrogens is 386 g/mol. The minimum absolute atomic E-state index is 0.104. The maximum Gasteiger partial charge on any atom is 0.282 e. The second kappa shape index (κ2) is 6.68. The van der Waals surface area contributed by atoms with Crippen molar-refractivity contribution in [2.75, 3.05) is 0 Å². The first-order valence-corrected chi connectivity index (χ1v) is 9.87. The molecule has 0 unspecified atom stereocenters. The maximum atomic E-state index is 12.8. The lowest BCUT2D eigenvalue weighted by Gasteiger charge is -2.04. The fourth-order valence-electron chi connectivity index (χ4n) is 2.76.